The largest absolute Gasteiger partial charge is 0.424 e. The highest BCUT2D eigenvalue weighted by Crippen LogP contribution is 2.33. The van der Waals surface area contributed by atoms with Crippen LogP contribution in [0.25, 0.3) is 10.9 Å². The van der Waals surface area contributed by atoms with Gasteiger partial charge in [-0.25, -0.2) is 0 Å². The number of aliphatic hydroxyl groups is 1. The summed E-state index contributed by atoms with van der Waals surface area (Å²) in [6.07, 6.45) is 1.43. The van der Waals surface area contributed by atoms with Crippen LogP contribution in [0.2, 0.25) is 5.02 Å². The van der Waals surface area contributed by atoms with Gasteiger partial charge in [-0.3, -0.25) is 14.6 Å². The van der Waals surface area contributed by atoms with Gasteiger partial charge in [-0.15, -0.1) is 0 Å². The monoisotopic (exact) mass is 344 g/mol. The normalized spacial score (nSPS) is 10.8. The number of aliphatic hydroxyl groups excluding tert-OH is 1. The van der Waals surface area contributed by atoms with Gasteiger partial charge in [0.15, 0.2) is 5.75 Å². The van der Waals surface area contributed by atoms with Crippen LogP contribution >= 0.6 is 11.6 Å². The molecule has 122 valence electrons. The first kappa shape index (κ1) is 16.2. The highest BCUT2D eigenvalue weighted by molar-refractivity contribution is 6.31. The second-order valence-electron chi connectivity index (χ2n) is 5.15. The number of fused-ring (bicyclic) bond motifs is 1. The van der Waals surface area contributed by atoms with Crippen molar-refractivity contribution in [2.24, 2.45) is 0 Å². The molecule has 0 spiro atoms. The molecule has 0 saturated carbocycles. The molecular formula is C17H13ClN2O4. The van der Waals surface area contributed by atoms with Crippen LogP contribution in [-0.4, -0.2) is 26.8 Å². The molecule has 0 aliphatic carbocycles. The zero-order valence-corrected chi connectivity index (χ0v) is 13.4. The van der Waals surface area contributed by atoms with E-state index < -0.39 is 11.8 Å². The molecular weight excluding hydrogens is 332 g/mol. The number of carbonyl (C=O) groups is 2. The first-order valence-electron chi connectivity index (χ1n) is 7.09. The fourth-order valence-electron chi connectivity index (χ4n) is 2.38. The molecule has 24 heavy (non-hydrogen) atoms. The Morgan fingerprint density at radius 2 is 2.08 bits per heavy atom. The summed E-state index contributed by atoms with van der Waals surface area (Å²) in [6.45, 7) is 1.05. The third kappa shape index (κ3) is 3.02. The average molecular weight is 345 g/mol. The van der Waals surface area contributed by atoms with Crippen molar-refractivity contribution in [2.75, 3.05) is 0 Å². The predicted molar refractivity (Wildman–Crippen MR) is 88.2 cm³/mol. The average Bonchev–Trinajstić information content (AvgIpc) is 2.91. The standard InChI is InChI=1S/C17H13ClN2O4/c1-9(22)24-17-12-3-2-11(18)7-13(12)20-15(17)16(23)14-6-10(8-21)4-5-19-14/h2-7,20-21H,8H2,1H3. The topological polar surface area (TPSA) is 92.3 Å². The Morgan fingerprint density at radius 1 is 1.29 bits per heavy atom. The van der Waals surface area contributed by atoms with E-state index in [9.17, 15) is 14.7 Å². The Kier molecular flexibility index (Phi) is 4.33. The van der Waals surface area contributed by atoms with Gasteiger partial charge in [-0.2, -0.15) is 0 Å². The summed E-state index contributed by atoms with van der Waals surface area (Å²) in [7, 11) is 0. The van der Waals surface area contributed by atoms with E-state index in [2.05, 4.69) is 9.97 Å². The molecule has 3 aromatic rings. The predicted octanol–water partition coefficient (Wildman–Crippen LogP) is 2.86. The molecule has 6 nitrogen and oxygen atoms in total. The Hall–Kier alpha value is -2.70. The van der Waals surface area contributed by atoms with Crippen molar-refractivity contribution in [3.63, 3.8) is 0 Å². The number of nitrogens with one attached hydrogen (secondary N) is 1. The third-order valence-corrected chi connectivity index (χ3v) is 3.66. The molecule has 2 heterocycles. The highest BCUT2D eigenvalue weighted by Gasteiger charge is 2.23. The van der Waals surface area contributed by atoms with E-state index >= 15 is 0 Å². The van der Waals surface area contributed by atoms with Crippen LogP contribution in [0, 0.1) is 0 Å². The second kappa shape index (κ2) is 6.43. The molecule has 0 bridgehead atoms. The number of carbonyl (C=O) groups excluding carboxylic acids is 2. The molecule has 1 aromatic carbocycles. The number of hydrogen-bond acceptors (Lipinski definition) is 5. The summed E-state index contributed by atoms with van der Waals surface area (Å²) < 4.78 is 5.23. The van der Waals surface area contributed by atoms with E-state index in [4.69, 9.17) is 16.3 Å². The second-order valence-corrected chi connectivity index (χ2v) is 5.59. The number of nitrogens with zero attached hydrogens (tertiary/aromatic N) is 1. The van der Waals surface area contributed by atoms with Crippen LogP contribution in [0.5, 0.6) is 5.75 Å². The molecule has 0 radical (unpaired) electrons. The summed E-state index contributed by atoms with van der Waals surface area (Å²) in [5.41, 5.74) is 1.36. The van der Waals surface area contributed by atoms with Crippen molar-refractivity contribution in [1.29, 1.82) is 0 Å². The first-order valence-corrected chi connectivity index (χ1v) is 7.47. The summed E-state index contributed by atoms with van der Waals surface area (Å²) in [6, 6.07) is 8.04. The zero-order chi connectivity index (χ0) is 17.3. The number of halogens is 1. The van der Waals surface area contributed by atoms with E-state index in [1.807, 2.05) is 0 Å². The minimum absolute atomic E-state index is 0.102. The van der Waals surface area contributed by atoms with Crippen molar-refractivity contribution >= 4 is 34.3 Å². The third-order valence-electron chi connectivity index (χ3n) is 3.43. The Balaban J connectivity index is 2.16. The molecule has 2 aromatic heterocycles. The van der Waals surface area contributed by atoms with Gasteiger partial charge in [0, 0.05) is 23.5 Å². The quantitative estimate of drug-likeness (QED) is 0.561. The molecule has 0 amide bonds. The molecule has 7 heteroatoms. The fourth-order valence-corrected chi connectivity index (χ4v) is 2.55. The van der Waals surface area contributed by atoms with Crippen LogP contribution < -0.4 is 4.74 Å². The number of H-pyrrole nitrogens is 1. The number of hydrogen-bond donors (Lipinski definition) is 2. The SMILES string of the molecule is CC(=O)Oc1c(C(=O)c2cc(CO)ccn2)[nH]c2cc(Cl)ccc12. The molecule has 0 unspecified atom stereocenters. The minimum Gasteiger partial charge on any atom is -0.424 e. The lowest BCUT2D eigenvalue weighted by Gasteiger charge is -2.04. The van der Waals surface area contributed by atoms with E-state index in [1.165, 1.54) is 19.2 Å². The van der Waals surface area contributed by atoms with E-state index in [1.54, 1.807) is 24.3 Å². The van der Waals surface area contributed by atoms with Gasteiger partial charge in [0.05, 0.1) is 12.1 Å². The number of ketones is 1. The van der Waals surface area contributed by atoms with Gasteiger partial charge in [0.1, 0.15) is 11.4 Å². The summed E-state index contributed by atoms with van der Waals surface area (Å²) in [5.74, 6) is -0.860. The lowest BCUT2D eigenvalue weighted by molar-refractivity contribution is -0.131. The maximum absolute atomic E-state index is 12.8. The molecule has 0 saturated heterocycles. The van der Waals surface area contributed by atoms with Crippen molar-refractivity contribution in [3.8, 4) is 5.75 Å². The number of pyridine rings is 1. The number of aromatic nitrogens is 2. The fraction of sp³-hybridized carbons (Fsp3) is 0.118. The van der Waals surface area contributed by atoms with Gasteiger partial charge < -0.3 is 14.8 Å². The van der Waals surface area contributed by atoms with Gasteiger partial charge in [0.25, 0.3) is 0 Å². The maximum Gasteiger partial charge on any atom is 0.308 e. The van der Waals surface area contributed by atoms with Gasteiger partial charge in [-0.05, 0) is 35.9 Å². The lowest BCUT2D eigenvalue weighted by Crippen LogP contribution is -2.09. The summed E-state index contributed by atoms with van der Waals surface area (Å²) in [4.78, 5) is 31.1. The lowest BCUT2D eigenvalue weighted by atomic mass is 10.1. The number of benzene rings is 1. The molecule has 3 rings (SSSR count). The molecule has 0 aliphatic rings. The molecule has 0 fully saturated rings. The van der Waals surface area contributed by atoms with Crippen LogP contribution in [0.1, 0.15) is 28.7 Å². The van der Waals surface area contributed by atoms with Crippen LogP contribution in [0.15, 0.2) is 36.5 Å². The first-order chi connectivity index (χ1) is 11.5. The molecule has 0 atom stereocenters. The van der Waals surface area contributed by atoms with E-state index in [0.29, 0.717) is 21.5 Å². The Morgan fingerprint density at radius 3 is 2.79 bits per heavy atom. The van der Waals surface area contributed by atoms with E-state index in [-0.39, 0.29) is 23.7 Å². The van der Waals surface area contributed by atoms with Crippen molar-refractivity contribution in [2.45, 2.75) is 13.5 Å². The van der Waals surface area contributed by atoms with Crippen LogP contribution in [0.4, 0.5) is 0 Å². The number of rotatable bonds is 4. The van der Waals surface area contributed by atoms with Gasteiger partial charge in [0.2, 0.25) is 5.78 Å². The van der Waals surface area contributed by atoms with Gasteiger partial charge in [-0.1, -0.05) is 11.6 Å². The van der Waals surface area contributed by atoms with Crippen molar-refractivity contribution in [1.82, 2.24) is 9.97 Å². The van der Waals surface area contributed by atoms with Crippen LogP contribution in [0.3, 0.4) is 0 Å². The summed E-state index contributed by atoms with van der Waals surface area (Å²) >= 11 is 5.97. The Bertz CT molecular complexity index is 949. The Labute approximate surface area is 142 Å². The smallest absolute Gasteiger partial charge is 0.308 e. The van der Waals surface area contributed by atoms with E-state index in [0.717, 1.165) is 0 Å². The van der Waals surface area contributed by atoms with Crippen molar-refractivity contribution < 1.29 is 19.4 Å². The molecule has 2 N–H and O–H groups in total. The van der Waals surface area contributed by atoms with Crippen molar-refractivity contribution in [3.05, 3.63) is 58.5 Å². The maximum atomic E-state index is 12.8. The summed E-state index contributed by atoms with van der Waals surface area (Å²) in [5, 5.41) is 10.3. The number of aromatic amines is 1. The molecule has 0 aliphatic heterocycles. The minimum atomic E-state index is -0.544. The highest BCUT2D eigenvalue weighted by atomic mass is 35.5. The number of esters is 1. The zero-order valence-electron chi connectivity index (χ0n) is 12.7. The number of ether oxygens (including phenoxy) is 1. The van der Waals surface area contributed by atoms with Gasteiger partial charge >= 0.3 is 5.97 Å². The van der Waals surface area contributed by atoms with Crippen LogP contribution in [-0.2, 0) is 11.4 Å².